The number of carbonyl (C=O) groups excluding carboxylic acids is 1. The Labute approximate surface area is 114 Å². The first-order valence-electron chi connectivity index (χ1n) is 6.08. The van der Waals surface area contributed by atoms with Gasteiger partial charge in [-0.05, 0) is 0 Å². The van der Waals surface area contributed by atoms with Crippen LogP contribution in [0.1, 0.15) is 34.1 Å². The molecule has 4 unspecified atom stereocenters. The van der Waals surface area contributed by atoms with E-state index in [1.807, 2.05) is 0 Å². The zero-order valence-electron chi connectivity index (χ0n) is 11.6. The van der Waals surface area contributed by atoms with Gasteiger partial charge in [0.25, 0.3) is 0 Å². The maximum atomic E-state index is 11.9. The van der Waals surface area contributed by atoms with Gasteiger partial charge in [-0.25, -0.2) is 0 Å². The van der Waals surface area contributed by atoms with E-state index in [9.17, 15) is 4.79 Å². The standard InChI is InChI=1S/C12H18BN2O4/c1-7-8(14-5)6-9(10(17-7)19-15-13)18-11(16)12(2,3)4/h7-10H,6H2,1-4H3. The van der Waals surface area contributed by atoms with Gasteiger partial charge in [0.05, 0.1) is 0 Å². The van der Waals surface area contributed by atoms with E-state index in [2.05, 4.69) is 9.90 Å². The molecule has 0 aliphatic carbocycles. The van der Waals surface area contributed by atoms with Crippen molar-refractivity contribution in [3.8, 4) is 0 Å². The summed E-state index contributed by atoms with van der Waals surface area (Å²) in [6, 6.07) is -0.379. The summed E-state index contributed by atoms with van der Waals surface area (Å²) in [7, 11) is 4.97. The average Bonchev–Trinajstić information content (AvgIpc) is 2.31. The Kier molecular flexibility index (Phi) is 5.07. The van der Waals surface area contributed by atoms with Crippen LogP contribution < -0.4 is 0 Å². The van der Waals surface area contributed by atoms with Gasteiger partial charge in [0.2, 0.25) is 0 Å². The number of rotatable bonds is 3. The van der Waals surface area contributed by atoms with Gasteiger partial charge in [-0.3, -0.25) is 0 Å². The van der Waals surface area contributed by atoms with Crippen LogP contribution in [0.5, 0.6) is 0 Å². The van der Waals surface area contributed by atoms with Crippen molar-refractivity contribution < 1.29 is 19.1 Å². The van der Waals surface area contributed by atoms with Crippen molar-refractivity contribution >= 4 is 13.6 Å². The van der Waals surface area contributed by atoms with Crippen molar-refractivity contribution in [1.82, 2.24) is 0 Å². The Balaban J connectivity index is 2.78. The zero-order chi connectivity index (χ0) is 14.6. The first-order chi connectivity index (χ1) is 8.79. The van der Waals surface area contributed by atoms with Crippen molar-refractivity contribution in [2.45, 2.75) is 58.7 Å². The minimum absolute atomic E-state index is 0.325. The number of hydrogen-bond acceptors (Lipinski definition) is 5. The number of carbonyl (C=O) groups is 1. The van der Waals surface area contributed by atoms with E-state index in [1.165, 1.54) is 0 Å². The molecule has 19 heavy (non-hydrogen) atoms. The molecule has 4 atom stereocenters. The van der Waals surface area contributed by atoms with E-state index in [4.69, 9.17) is 28.5 Å². The van der Waals surface area contributed by atoms with Gasteiger partial charge in [0.1, 0.15) is 0 Å². The summed E-state index contributed by atoms with van der Waals surface area (Å²) in [5, 5.41) is 3.07. The van der Waals surface area contributed by atoms with Crippen LogP contribution in [-0.2, 0) is 19.1 Å². The summed E-state index contributed by atoms with van der Waals surface area (Å²) in [6.45, 7) is 14.1. The molecule has 1 aliphatic rings. The second kappa shape index (κ2) is 6.15. The molecule has 0 amide bonds. The molecule has 1 aliphatic heterocycles. The van der Waals surface area contributed by atoms with Crippen LogP contribution in [0.15, 0.2) is 5.06 Å². The Morgan fingerprint density at radius 3 is 2.63 bits per heavy atom. The van der Waals surface area contributed by atoms with Gasteiger partial charge in [0.15, 0.2) is 0 Å². The topological polar surface area (TPSA) is 61.5 Å². The maximum absolute atomic E-state index is 11.9. The van der Waals surface area contributed by atoms with Crippen molar-refractivity contribution in [3.63, 3.8) is 0 Å². The summed E-state index contributed by atoms with van der Waals surface area (Å²) in [6.07, 6.45) is -1.54. The molecule has 1 heterocycles. The number of ether oxygens (including phenoxy) is 2. The Bertz CT molecular complexity index is 388. The van der Waals surface area contributed by atoms with Crippen molar-refractivity contribution in [3.05, 3.63) is 11.4 Å². The Morgan fingerprint density at radius 1 is 1.53 bits per heavy atom. The summed E-state index contributed by atoms with van der Waals surface area (Å²) < 4.78 is 10.8. The summed E-state index contributed by atoms with van der Waals surface area (Å²) in [5.41, 5.74) is -0.638. The molecule has 7 heteroatoms. The Hall–Kier alpha value is -1.42. The number of esters is 1. The fraction of sp³-hybridized carbons (Fsp3) is 0.833. The molecular weight excluding hydrogens is 247 g/mol. The predicted molar refractivity (Wildman–Crippen MR) is 67.9 cm³/mol. The molecular formula is C12H18BN2O4. The van der Waals surface area contributed by atoms with Crippen LogP contribution in [0.25, 0.3) is 4.85 Å². The first-order valence-corrected chi connectivity index (χ1v) is 6.08. The molecule has 0 N–H and O–H groups in total. The molecule has 1 fully saturated rings. The quantitative estimate of drug-likeness (QED) is 0.337. The van der Waals surface area contributed by atoms with Crippen LogP contribution in [0.2, 0.25) is 0 Å². The van der Waals surface area contributed by atoms with Crippen LogP contribution in [0.3, 0.4) is 0 Å². The molecule has 1 rings (SSSR count). The van der Waals surface area contributed by atoms with E-state index in [0.717, 1.165) is 0 Å². The van der Waals surface area contributed by atoms with Gasteiger partial charge in [-0.1, -0.05) is 0 Å². The third-order valence-corrected chi connectivity index (χ3v) is 2.87. The fourth-order valence-electron chi connectivity index (χ4n) is 1.66. The molecule has 1 saturated heterocycles. The zero-order valence-corrected chi connectivity index (χ0v) is 11.6. The van der Waals surface area contributed by atoms with E-state index in [-0.39, 0.29) is 18.1 Å². The molecule has 1 radical (unpaired) electrons. The van der Waals surface area contributed by atoms with Crippen molar-refractivity contribution in [2.24, 2.45) is 10.5 Å². The van der Waals surface area contributed by atoms with Gasteiger partial charge in [-0.2, -0.15) is 0 Å². The third kappa shape index (κ3) is 4.03. The molecule has 6 nitrogen and oxygen atoms in total. The SMILES string of the molecule is [B]=NOC1OC(C)C([N+]#[C-])CC1OC(=O)C(C)(C)C. The molecule has 103 valence electrons. The van der Waals surface area contributed by atoms with Crippen LogP contribution in [-0.4, -0.2) is 38.1 Å². The second-order valence-electron chi connectivity index (χ2n) is 5.55. The normalized spacial score (nSPS) is 31.1. The Morgan fingerprint density at radius 2 is 2.16 bits per heavy atom. The molecule has 0 spiro atoms. The van der Waals surface area contributed by atoms with Gasteiger partial charge in [-0.15, -0.1) is 0 Å². The van der Waals surface area contributed by atoms with Crippen molar-refractivity contribution in [2.75, 3.05) is 0 Å². The minimum atomic E-state index is -0.871. The van der Waals surface area contributed by atoms with Crippen molar-refractivity contribution in [1.29, 1.82) is 0 Å². The fourth-order valence-corrected chi connectivity index (χ4v) is 1.66. The van der Waals surface area contributed by atoms with Crippen LogP contribution in [0.4, 0.5) is 0 Å². The molecule has 0 aromatic heterocycles. The summed E-state index contributed by atoms with van der Waals surface area (Å²) in [5.74, 6) is -0.384. The predicted octanol–water partition coefficient (Wildman–Crippen LogP) is 1.65. The average molecular weight is 265 g/mol. The van der Waals surface area contributed by atoms with Crippen LogP contribution in [0, 0.1) is 12.0 Å². The van der Waals surface area contributed by atoms with Gasteiger partial charge >= 0.3 is 113 Å². The van der Waals surface area contributed by atoms with Gasteiger partial charge in [0, 0.05) is 0 Å². The third-order valence-electron chi connectivity index (χ3n) is 2.87. The van der Waals surface area contributed by atoms with E-state index in [0.29, 0.717) is 6.42 Å². The first kappa shape index (κ1) is 15.6. The number of hydrogen-bond donors (Lipinski definition) is 0. The summed E-state index contributed by atoms with van der Waals surface area (Å²) in [4.78, 5) is 20.2. The monoisotopic (exact) mass is 265 g/mol. The second-order valence-corrected chi connectivity index (χ2v) is 5.55. The van der Waals surface area contributed by atoms with E-state index in [1.54, 1.807) is 27.7 Å². The molecule has 0 bridgehead atoms. The van der Waals surface area contributed by atoms with Gasteiger partial charge < -0.3 is 0 Å². The van der Waals surface area contributed by atoms with E-state index >= 15 is 0 Å². The molecule has 0 saturated carbocycles. The van der Waals surface area contributed by atoms with Crippen LogP contribution >= 0.6 is 0 Å². The van der Waals surface area contributed by atoms with E-state index < -0.39 is 17.8 Å². The number of nitrogens with zero attached hydrogens (tertiary/aromatic N) is 2. The summed E-state index contributed by atoms with van der Waals surface area (Å²) >= 11 is 0. The molecule has 0 aromatic carbocycles. The molecule has 0 aromatic rings.